The summed E-state index contributed by atoms with van der Waals surface area (Å²) >= 11 is 0. The molecule has 1 heterocycles. The molecule has 22 heavy (non-hydrogen) atoms. The van der Waals surface area contributed by atoms with Gasteiger partial charge >= 0.3 is 0 Å². The molecule has 1 amide bonds. The Kier molecular flexibility index (Phi) is 6.68. The van der Waals surface area contributed by atoms with Gasteiger partial charge in [-0.3, -0.25) is 4.79 Å². The minimum absolute atomic E-state index is 0.0107. The Morgan fingerprint density at radius 1 is 1.32 bits per heavy atom. The number of hydrogen-bond donors (Lipinski definition) is 2. The van der Waals surface area contributed by atoms with Gasteiger partial charge < -0.3 is 20.3 Å². The van der Waals surface area contributed by atoms with Crippen molar-refractivity contribution in [3.05, 3.63) is 29.8 Å². The second kappa shape index (κ2) is 8.76. The highest BCUT2D eigenvalue weighted by Crippen LogP contribution is 2.12. The first-order chi connectivity index (χ1) is 10.7. The van der Waals surface area contributed by atoms with Crippen LogP contribution in [0.15, 0.2) is 24.3 Å². The van der Waals surface area contributed by atoms with Crippen molar-refractivity contribution in [2.75, 3.05) is 39.3 Å². The maximum absolute atomic E-state index is 12.1. The fraction of sp³-hybridized carbons (Fsp3) is 0.588. The molecule has 1 unspecified atom stereocenters. The van der Waals surface area contributed by atoms with Gasteiger partial charge in [0, 0.05) is 24.7 Å². The van der Waals surface area contributed by atoms with Gasteiger partial charge in [0.05, 0.1) is 0 Å². The van der Waals surface area contributed by atoms with Crippen LogP contribution in [0, 0.1) is 0 Å². The molecule has 1 aliphatic rings. The van der Waals surface area contributed by atoms with E-state index in [2.05, 4.69) is 29.4 Å². The van der Waals surface area contributed by atoms with Crippen molar-refractivity contribution >= 4 is 5.91 Å². The molecule has 1 aromatic rings. The molecule has 1 fully saturated rings. The lowest BCUT2D eigenvalue weighted by Gasteiger charge is -2.18. The lowest BCUT2D eigenvalue weighted by molar-refractivity contribution is 0.0940. The third-order valence-electron chi connectivity index (χ3n) is 4.08. The van der Waals surface area contributed by atoms with E-state index in [1.165, 1.54) is 0 Å². The smallest absolute Gasteiger partial charge is 0.251 e. The molecule has 1 atom stereocenters. The molecule has 1 saturated heterocycles. The van der Waals surface area contributed by atoms with Crippen LogP contribution in [-0.4, -0.2) is 56.2 Å². The van der Waals surface area contributed by atoms with Gasteiger partial charge in [0.1, 0.15) is 12.4 Å². The van der Waals surface area contributed by atoms with Crippen LogP contribution in [-0.2, 0) is 0 Å². The third-order valence-corrected chi connectivity index (χ3v) is 4.08. The van der Waals surface area contributed by atoms with E-state index < -0.39 is 0 Å². The summed E-state index contributed by atoms with van der Waals surface area (Å²) in [6, 6.07) is 7.63. The zero-order valence-corrected chi connectivity index (χ0v) is 13.6. The van der Waals surface area contributed by atoms with Gasteiger partial charge in [0.25, 0.3) is 5.91 Å². The Bertz CT molecular complexity index is 451. The molecule has 0 radical (unpaired) electrons. The second-order valence-corrected chi connectivity index (χ2v) is 5.56. The molecule has 0 bridgehead atoms. The van der Waals surface area contributed by atoms with Gasteiger partial charge in [-0.05, 0) is 50.3 Å². The summed E-state index contributed by atoms with van der Waals surface area (Å²) in [7, 11) is 0. The van der Waals surface area contributed by atoms with Crippen molar-refractivity contribution in [1.82, 2.24) is 15.5 Å². The summed E-state index contributed by atoms with van der Waals surface area (Å²) < 4.78 is 5.72. The molecule has 1 aromatic carbocycles. The number of benzene rings is 1. The van der Waals surface area contributed by atoms with E-state index in [9.17, 15) is 4.79 Å². The zero-order chi connectivity index (χ0) is 15.8. The Morgan fingerprint density at radius 2 is 2.05 bits per heavy atom. The first kappa shape index (κ1) is 16.8. The van der Waals surface area contributed by atoms with Crippen LogP contribution in [0.5, 0.6) is 5.75 Å². The zero-order valence-electron chi connectivity index (χ0n) is 13.6. The van der Waals surface area contributed by atoms with Crippen LogP contribution < -0.4 is 15.4 Å². The molecular formula is C17H27N3O2. The molecule has 0 spiro atoms. The number of likely N-dealkylation sites (N-methyl/N-ethyl adjacent to an activating group) is 1. The number of ether oxygens (including phenoxy) is 1. The van der Waals surface area contributed by atoms with E-state index in [1.807, 2.05) is 24.3 Å². The van der Waals surface area contributed by atoms with Crippen molar-refractivity contribution in [1.29, 1.82) is 0 Å². The average Bonchev–Trinajstić information content (AvgIpc) is 3.05. The number of carbonyl (C=O) groups is 1. The molecule has 0 saturated carbocycles. The highest BCUT2D eigenvalue weighted by Gasteiger charge is 2.17. The maximum atomic E-state index is 12.1. The van der Waals surface area contributed by atoms with E-state index >= 15 is 0 Å². The number of nitrogens with zero attached hydrogens (tertiary/aromatic N) is 1. The molecule has 0 aromatic heterocycles. The highest BCUT2D eigenvalue weighted by atomic mass is 16.5. The summed E-state index contributed by atoms with van der Waals surface area (Å²) in [5.74, 6) is 0.801. The van der Waals surface area contributed by atoms with Gasteiger partial charge in [-0.1, -0.05) is 13.8 Å². The normalized spacial score (nSPS) is 17.7. The van der Waals surface area contributed by atoms with Crippen LogP contribution in [0.25, 0.3) is 0 Å². The Labute approximate surface area is 133 Å². The van der Waals surface area contributed by atoms with Gasteiger partial charge in [-0.25, -0.2) is 0 Å². The topological polar surface area (TPSA) is 53.6 Å². The SMILES string of the molecule is CCN(CC)CCOc1ccc(C(=O)NC2CCNC2)cc1. The predicted molar refractivity (Wildman–Crippen MR) is 88.5 cm³/mol. The summed E-state index contributed by atoms with van der Waals surface area (Å²) in [5.41, 5.74) is 0.683. The van der Waals surface area contributed by atoms with Gasteiger partial charge in [0.15, 0.2) is 0 Å². The van der Waals surface area contributed by atoms with E-state index in [-0.39, 0.29) is 11.9 Å². The fourth-order valence-corrected chi connectivity index (χ4v) is 2.58. The van der Waals surface area contributed by atoms with Crippen LogP contribution in [0.1, 0.15) is 30.6 Å². The maximum Gasteiger partial charge on any atom is 0.251 e. The van der Waals surface area contributed by atoms with Crippen molar-refractivity contribution in [3.8, 4) is 5.75 Å². The Balaban J connectivity index is 1.78. The van der Waals surface area contributed by atoms with Crippen molar-refractivity contribution in [2.45, 2.75) is 26.3 Å². The summed E-state index contributed by atoms with van der Waals surface area (Å²) in [4.78, 5) is 14.4. The second-order valence-electron chi connectivity index (χ2n) is 5.56. The first-order valence-corrected chi connectivity index (χ1v) is 8.19. The number of carbonyl (C=O) groups excluding carboxylic acids is 1. The number of nitrogens with one attached hydrogen (secondary N) is 2. The summed E-state index contributed by atoms with van der Waals surface area (Å²) in [6.45, 7) is 9.80. The number of amides is 1. The summed E-state index contributed by atoms with van der Waals surface area (Å²) in [5, 5.41) is 6.28. The molecule has 2 N–H and O–H groups in total. The average molecular weight is 305 g/mol. The molecule has 122 valence electrons. The number of hydrogen-bond acceptors (Lipinski definition) is 4. The van der Waals surface area contributed by atoms with Crippen LogP contribution in [0.3, 0.4) is 0 Å². The monoisotopic (exact) mass is 305 g/mol. The molecular weight excluding hydrogens is 278 g/mol. The van der Waals surface area contributed by atoms with E-state index in [1.54, 1.807) is 0 Å². The minimum Gasteiger partial charge on any atom is -0.492 e. The van der Waals surface area contributed by atoms with Gasteiger partial charge in [-0.15, -0.1) is 0 Å². The molecule has 0 aliphatic carbocycles. The first-order valence-electron chi connectivity index (χ1n) is 8.19. The van der Waals surface area contributed by atoms with E-state index in [0.29, 0.717) is 12.2 Å². The molecule has 5 heteroatoms. The van der Waals surface area contributed by atoms with Crippen LogP contribution >= 0.6 is 0 Å². The van der Waals surface area contributed by atoms with Gasteiger partial charge in [0.2, 0.25) is 0 Å². The van der Waals surface area contributed by atoms with E-state index in [4.69, 9.17) is 4.74 Å². The fourth-order valence-electron chi connectivity index (χ4n) is 2.58. The molecule has 1 aliphatic heterocycles. The quantitative estimate of drug-likeness (QED) is 0.764. The third kappa shape index (κ3) is 5.00. The number of rotatable bonds is 8. The van der Waals surface area contributed by atoms with E-state index in [0.717, 1.165) is 44.9 Å². The lowest BCUT2D eigenvalue weighted by atomic mass is 10.2. The Morgan fingerprint density at radius 3 is 2.64 bits per heavy atom. The van der Waals surface area contributed by atoms with Crippen molar-refractivity contribution in [2.24, 2.45) is 0 Å². The van der Waals surface area contributed by atoms with Crippen LogP contribution in [0.4, 0.5) is 0 Å². The van der Waals surface area contributed by atoms with Crippen molar-refractivity contribution in [3.63, 3.8) is 0 Å². The van der Waals surface area contributed by atoms with Crippen molar-refractivity contribution < 1.29 is 9.53 Å². The molecule has 5 nitrogen and oxygen atoms in total. The highest BCUT2D eigenvalue weighted by molar-refractivity contribution is 5.94. The van der Waals surface area contributed by atoms with Crippen LogP contribution in [0.2, 0.25) is 0 Å². The van der Waals surface area contributed by atoms with Gasteiger partial charge in [-0.2, -0.15) is 0 Å². The summed E-state index contributed by atoms with van der Waals surface area (Å²) in [6.07, 6.45) is 0.998. The molecule has 2 rings (SSSR count). The predicted octanol–water partition coefficient (Wildman–Crippen LogP) is 1.50. The lowest BCUT2D eigenvalue weighted by Crippen LogP contribution is -2.36. The Hall–Kier alpha value is -1.59. The minimum atomic E-state index is -0.0107. The largest absolute Gasteiger partial charge is 0.492 e. The standard InChI is InChI=1S/C17H27N3O2/c1-3-20(4-2)11-12-22-16-7-5-14(6-8-16)17(21)19-15-9-10-18-13-15/h5-8,15,18H,3-4,9-13H2,1-2H3,(H,19,21).